The molecule has 0 heterocycles. The van der Waals surface area contributed by atoms with Crippen LogP contribution in [0.5, 0.6) is 0 Å². The molecule has 0 aliphatic carbocycles. The third kappa shape index (κ3) is 5.64. The Bertz CT molecular complexity index is 522. The summed E-state index contributed by atoms with van der Waals surface area (Å²) in [4.78, 5) is 0.0944. The maximum atomic E-state index is 12.0. The van der Waals surface area contributed by atoms with Crippen molar-refractivity contribution in [3.8, 4) is 0 Å². The summed E-state index contributed by atoms with van der Waals surface area (Å²) < 4.78 is 36.4. The first-order chi connectivity index (χ1) is 9.47. The smallest absolute Gasteiger partial charge is 0.240 e. The Morgan fingerprint density at radius 2 is 2.05 bits per heavy atom. The SMILES string of the molecule is COCCOCCCNS(=O)(=O)c1ccc(N)c(Cl)c1. The molecule has 114 valence electrons. The van der Waals surface area contributed by atoms with Crippen LogP contribution in [0.15, 0.2) is 23.1 Å². The number of ether oxygens (including phenoxy) is 2. The molecule has 1 aromatic rings. The number of nitrogens with one attached hydrogen (secondary N) is 1. The van der Waals surface area contributed by atoms with E-state index in [1.807, 2.05) is 0 Å². The standard InChI is InChI=1S/C12H19ClN2O4S/c1-18-7-8-19-6-2-5-15-20(16,17)10-3-4-12(14)11(13)9-10/h3-4,9,15H,2,5-8,14H2,1H3. The minimum absolute atomic E-state index is 0.0944. The number of nitrogen functional groups attached to an aromatic ring is 1. The highest BCUT2D eigenvalue weighted by atomic mass is 35.5. The number of halogens is 1. The Balaban J connectivity index is 2.40. The number of hydrogen-bond donors (Lipinski definition) is 2. The molecule has 0 spiro atoms. The van der Waals surface area contributed by atoms with Crippen LogP contribution in [0.25, 0.3) is 0 Å². The highest BCUT2D eigenvalue weighted by Crippen LogP contribution is 2.22. The number of hydrogen-bond acceptors (Lipinski definition) is 5. The Hall–Kier alpha value is -0.860. The molecule has 0 unspecified atom stereocenters. The molecule has 8 heteroatoms. The molecule has 3 N–H and O–H groups in total. The van der Waals surface area contributed by atoms with Crippen molar-refractivity contribution in [2.24, 2.45) is 0 Å². The number of sulfonamides is 1. The maximum absolute atomic E-state index is 12.0. The van der Waals surface area contributed by atoms with Gasteiger partial charge in [-0.3, -0.25) is 0 Å². The molecule has 1 aromatic carbocycles. The topological polar surface area (TPSA) is 90.6 Å². The van der Waals surface area contributed by atoms with Crippen LogP contribution in [-0.2, 0) is 19.5 Å². The summed E-state index contributed by atoms with van der Waals surface area (Å²) in [6, 6.07) is 4.21. The average molecular weight is 323 g/mol. The monoisotopic (exact) mass is 322 g/mol. The summed E-state index contributed by atoms with van der Waals surface area (Å²) in [6.07, 6.45) is 0.575. The van der Waals surface area contributed by atoms with Gasteiger partial charge in [-0.25, -0.2) is 13.1 Å². The van der Waals surface area contributed by atoms with Gasteiger partial charge in [-0.05, 0) is 24.6 Å². The quantitative estimate of drug-likeness (QED) is 0.527. The summed E-state index contributed by atoms with van der Waals surface area (Å²) in [5, 5.41) is 0.218. The van der Waals surface area contributed by atoms with Crippen molar-refractivity contribution >= 4 is 27.3 Å². The summed E-state index contributed by atoms with van der Waals surface area (Å²) in [5.41, 5.74) is 5.88. The van der Waals surface area contributed by atoms with Gasteiger partial charge < -0.3 is 15.2 Å². The van der Waals surface area contributed by atoms with Crippen LogP contribution in [-0.4, -0.2) is 41.9 Å². The van der Waals surface area contributed by atoms with Gasteiger partial charge in [-0.1, -0.05) is 11.6 Å². The first-order valence-corrected chi connectivity index (χ1v) is 7.95. The van der Waals surface area contributed by atoms with E-state index in [0.717, 1.165) is 0 Å². The normalized spacial score (nSPS) is 11.7. The van der Waals surface area contributed by atoms with Crippen LogP contribution in [0, 0.1) is 0 Å². The molecule has 0 atom stereocenters. The Kier molecular flexibility index (Phi) is 7.25. The molecule has 0 radical (unpaired) electrons. The molecule has 0 saturated carbocycles. The van der Waals surface area contributed by atoms with E-state index in [0.29, 0.717) is 31.9 Å². The van der Waals surface area contributed by atoms with E-state index in [1.54, 1.807) is 7.11 Å². The lowest BCUT2D eigenvalue weighted by Gasteiger charge is -2.08. The number of benzene rings is 1. The zero-order valence-corrected chi connectivity index (χ0v) is 12.8. The molecule has 0 bridgehead atoms. The third-order valence-corrected chi connectivity index (χ3v) is 4.26. The lowest BCUT2D eigenvalue weighted by atomic mass is 10.3. The minimum atomic E-state index is -3.57. The van der Waals surface area contributed by atoms with E-state index >= 15 is 0 Å². The van der Waals surface area contributed by atoms with Gasteiger partial charge in [0.05, 0.1) is 28.8 Å². The van der Waals surface area contributed by atoms with Crippen molar-refractivity contribution in [3.05, 3.63) is 23.2 Å². The van der Waals surface area contributed by atoms with Crippen molar-refractivity contribution in [3.63, 3.8) is 0 Å². The van der Waals surface area contributed by atoms with Crippen molar-refractivity contribution in [1.82, 2.24) is 4.72 Å². The Morgan fingerprint density at radius 1 is 1.30 bits per heavy atom. The third-order valence-electron chi connectivity index (χ3n) is 2.47. The van der Waals surface area contributed by atoms with Gasteiger partial charge in [0.1, 0.15) is 0 Å². The molecule has 0 saturated heterocycles. The first-order valence-electron chi connectivity index (χ1n) is 6.09. The summed E-state index contributed by atoms with van der Waals surface area (Å²) >= 11 is 5.80. The van der Waals surface area contributed by atoms with Gasteiger partial charge in [0.25, 0.3) is 0 Å². The number of rotatable bonds is 9. The minimum Gasteiger partial charge on any atom is -0.398 e. The molecule has 20 heavy (non-hydrogen) atoms. The van der Waals surface area contributed by atoms with Crippen molar-refractivity contribution in [2.75, 3.05) is 39.2 Å². The number of methoxy groups -OCH3 is 1. The second kappa shape index (κ2) is 8.43. The van der Waals surface area contributed by atoms with Crippen LogP contribution >= 0.6 is 11.6 Å². The lowest BCUT2D eigenvalue weighted by Crippen LogP contribution is -2.25. The fraction of sp³-hybridized carbons (Fsp3) is 0.500. The maximum Gasteiger partial charge on any atom is 0.240 e. The number of anilines is 1. The van der Waals surface area contributed by atoms with Crippen LogP contribution in [0.4, 0.5) is 5.69 Å². The van der Waals surface area contributed by atoms with Gasteiger partial charge in [0.15, 0.2) is 0 Å². The molecule has 0 aromatic heterocycles. The first kappa shape index (κ1) is 17.2. The zero-order chi connectivity index (χ0) is 15.0. The molecule has 0 aliphatic heterocycles. The largest absolute Gasteiger partial charge is 0.398 e. The van der Waals surface area contributed by atoms with Gasteiger partial charge >= 0.3 is 0 Å². The Labute approximate surface area is 124 Å². The zero-order valence-electron chi connectivity index (χ0n) is 11.3. The van der Waals surface area contributed by atoms with E-state index in [-0.39, 0.29) is 16.5 Å². The highest BCUT2D eigenvalue weighted by Gasteiger charge is 2.14. The fourth-order valence-corrected chi connectivity index (χ4v) is 2.73. The molecule has 0 fully saturated rings. The van der Waals surface area contributed by atoms with E-state index in [1.165, 1.54) is 18.2 Å². The van der Waals surface area contributed by atoms with Crippen molar-refractivity contribution in [2.45, 2.75) is 11.3 Å². The molecular weight excluding hydrogens is 304 g/mol. The van der Waals surface area contributed by atoms with Gasteiger partial charge in [-0.15, -0.1) is 0 Å². The van der Waals surface area contributed by atoms with Crippen LogP contribution in [0.1, 0.15) is 6.42 Å². The van der Waals surface area contributed by atoms with Gasteiger partial charge in [0, 0.05) is 20.3 Å². The van der Waals surface area contributed by atoms with E-state index < -0.39 is 10.0 Å². The number of nitrogens with two attached hydrogens (primary N) is 1. The highest BCUT2D eigenvalue weighted by molar-refractivity contribution is 7.89. The van der Waals surface area contributed by atoms with E-state index in [9.17, 15) is 8.42 Å². The predicted octanol–water partition coefficient (Wildman–Crippen LogP) is 1.25. The molecule has 1 rings (SSSR count). The summed E-state index contributed by atoms with van der Waals surface area (Å²) in [5.74, 6) is 0. The van der Waals surface area contributed by atoms with Crippen molar-refractivity contribution < 1.29 is 17.9 Å². The summed E-state index contributed by atoms with van der Waals surface area (Å²) in [7, 11) is -1.97. The average Bonchev–Trinajstić information content (AvgIpc) is 2.40. The molecular formula is C12H19ClN2O4S. The summed E-state index contributed by atoms with van der Waals surface area (Å²) in [6.45, 7) is 1.78. The molecule has 0 aliphatic rings. The van der Waals surface area contributed by atoms with Crippen LogP contribution < -0.4 is 10.5 Å². The lowest BCUT2D eigenvalue weighted by molar-refractivity contribution is 0.0699. The Morgan fingerprint density at radius 3 is 2.70 bits per heavy atom. The van der Waals surface area contributed by atoms with Crippen LogP contribution in [0.2, 0.25) is 5.02 Å². The second-order valence-corrected chi connectivity index (χ2v) is 6.21. The van der Waals surface area contributed by atoms with E-state index in [2.05, 4.69) is 4.72 Å². The van der Waals surface area contributed by atoms with Crippen LogP contribution in [0.3, 0.4) is 0 Å². The van der Waals surface area contributed by atoms with Gasteiger partial charge in [0.2, 0.25) is 10.0 Å². The molecule has 6 nitrogen and oxygen atoms in total. The van der Waals surface area contributed by atoms with Gasteiger partial charge in [-0.2, -0.15) is 0 Å². The second-order valence-electron chi connectivity index (χ2n) is 4.04. The van der Waals surface area contributed by atoms with Crippen molar-refractivity contribution in [1.29, 1.82) is 0 Å². The van der Waals surface area contributed by atoms with E-state index in [4.69, 9.17) is 26.8 Å². The molecule has 0 amide bonds. The fourth-order valence-electron chi connectivity index (χ4n) is 1.38. The predicted molar refractivity (Wildman–Crippen MR) is 78.4 cm³/mol.